The molecule has 0 radical (unpaired) electrons. The molecule has 0 bridgehead atoms. The number of rotatable bonds is 11. The first kappa shape index (κ1) is 23.0. The maximum Gasteiger partial charge on any atom is 0.409 e. The summed E-state index contributed by atoms with van der Waals surface area (Å²) in [7, 11) is 0. The smallest absolute Gasteiger partial charge is 0.409 e. The Bertz CT molecular complexity index is 490. The van der Waals surface area contributed by atoms with Crippen molar-refractivity contribution in [3.8, 4) is 0 Å². The van der Waals surface area contributed by atoms with E-state index in [0.29, 0.717) is 52.1 Å². The van der Waals surface area contributed by atoms with Gasteiger partial charge in [0, 0.05) is 32.1 Å². The molecule has 8 nitrogen and oxygen atoms in total. The molecular weight excluding hydrogens is 350 g/mol. The van der Waals surface area contributed by atoms with Crippen molar-refractivity contribution in [2.45, 2.75) is 58.1 Å². The Kier molecular flexibility index (Phi) is 11.2. The van der Waals surface area contributed by atoms with Crippen molar-refractivity contribution in [2.75, 3.05) is 32.8 Å². The molecule has 154 valence electrons. The van der Waals surface area contributed by atoms with E-state index < -0.39 is 6.10 Å². The second-order valence-corrected chi connectivity index (χ2v) is 6.51. The number of nitrogens with one attached hydrogen (secondary N) is 2. The van der Waals surface area contributed by atoms with Gasteiger partial charge in [-0.05, 0) is 39.5 Å². The fraction of sp³-hybridized carbons (Fsp3) is 0.737. The van der Waals surface area contributed by atoms with Gasteiger partial charge in [-0.25, -0.2) is 4.79 Å². The molecule has 2 N–H and O–H groups in total. The van der Waals surface area contributed by atoms with Crippen LogP contribution in [-0.4, -0.2) is 67.8 Å². The quantitative estimate of drug-likeness (QED) is 0.417. The number of piperidine rings is 1. The van der Waals surface area contributed by atoms with Gasteiger partial charge in [-0.1, -0.05) is 6.08 Å². The molecule has 1 fully saturated rings. The van der Waals surface area contributed by atoms with Crippen LogP contribution in [0.2, 0.25) is 0 Å². The zero-order chi connectivity index (χ0) is 20.1. The van der Waals surface area contributed by atoms with Gasteiger partial charge in [-0.3, -0.25) is 9.59 Å². The SMILES string of the molecule is C=CCCOC(C)C(=O)NCCCC(=O)NC1CCN(C(=O)OCC)CC1. The first-order valence-electron chi connectivity index (χ1n) is 9.69. The zero-order valence-electron chi connectivity index (χ0n) is 16.5. The van der Waals surface area contributed by atoms with Gasteiger partial charge in [0.2, 0.25) is 11.8 Å². The second-order valence-electron chi connectivity index (χ2n) is 6.51. The lowest BCUT2D eigenvalue weighted by Gasteiger charge is -2.31. The van der Waals surface area contributed by atoms with E-state index in [1.807, 2.05) is 0 Å². The lowest BCUT2D eigenvalue weighted by Crippen LogP contribution is -2.46. The molecule has 1 heterocycles. The fourth-order valence-electron chi connectivity index (χ4n) is 2.73. The predicted octanol–water partition coefficient (Wildman–Crippen LogP) is 1.60. The Morgan fingerprint density at radius 3 is 2.63 bits per heavy atom. The second kappa shape index (κ2) is 13.1. The highest BCUT2D eigenvalue weighted by molar-refractivity contribution is 5.80. The van der Waals surface area contributed by atoms with Crippen LogP contribution in [-0.2, 0) is 19.1 Å². The number of carbonyl (C=O) groups excluding carboxylic acids is 3. The van der Waals surface area contributed by atoms with Gasteiger partial charge >= 0.3 is 6.09 Å². The summed E-state index contributed by atoms with van der Waals surface area (Å²) in [6, 6.07) is 0.0797. The zero-order valence-corrected chi connectivity index (χ0v) is 16.5. The molecular formula is C19H33N3O5. The first-order valence-corrected chi connectivity index (χ1v) is 9.69. The number of amides is 3. The summed E-state index contributed by atoms with van der Waals surface area (Å²) in [6.45, 7) is 9.52. The van der Waals surface area contributed by atoms with Gasteiger partial charge in [0.15, 0.2) is 0 Å². The topological polar surface area (TPSA) is 97.0 Å². The number of carbonyl (C=O) groups is 3. The van der Waals surface area contributed by atoms with E-state index in [9.17, 15) is 14.4 Å². The van der Waals surface area contributed by atoms with Crippen molar-refractivity contribution in [2.24, 2.45) is 0 Å². The Morgan fingerprint density at radius 1 is 1.30 bits per heavy atom. The Labute approximate surface area is 161 Å². The normalized spacial score (nSPS) is 15.7. The van der Waals surface area contributed by atoms with E-state index in [1.54, 1.807) is 24.8 Å². The number of likely N-dealkylation sites (tertiary alicyclic amines) is 1. The predicted molar refractivity (Wildman–Crippen MR) is 102 cm³/mol. The van der Waals surface area contributed by atoms with Crippen LogP contribution in [0.5, 0.6) is 0 Å². The van der Waals surface area contributed by atoms with E-state index in [4.69, 9.17) is 9.47 Å². The molecule has 1 aliphatic rings. The minimum absolute atomic E-state index is 0.0332. The number of hydrogen-bond acceptors (Lipinski definition) is 5. The van der Waals surface area contributed by atoms with Gasteiger partial charge in [-0.2, -0.15) is 0 Å². The third-order valence-electron chi connectivity index (χ3n) is 4.32. The molecule has 0 aromatic heterocycles. The van der Waals surface area contributed by atoms with Gasteiger partial charge in [0.05, 0.1) is 13.2 Å². The van der Waals surface area contributed by atoms with Crippen LogP contribution in [0.3, 0.4) is 0 Å². The number of hydrogen-bond donors (Lipinski definition) is 2. The van der Waals surface area contributed by atoms with E-state index in [2.05, 4.69) is 17.2 Å². The van der Waals surface area contributed by atoms with Crippen molar-refractivity contribution in [1.82, 2.24) is 15.5 Å². The van der Waals surface area contributed by atoms with E-state index in [-0.39, 0.29) is 23.9 Å². The summed E-state index contributed by atoms with van der Waals surface area (Å²) in [6.07, 6.45) is 4.01. The van der Waals surface area contributed by atoms with E-state index >= 15 is 0 Å². The Hall–Kier alpha value is -2.09. The van der Waals surface area contributed by atoms with Gasteiger partial charge in [0.25, 0.3) is 0 Å². The molecule has 0 spiro atoms. The number of nitrogens with zero attached hydrogens (tertiary/aromatic N) is 1. The van der Waals surface area contributed by atoms with Crippen LogP contribution in [0.4, 0.5) is 4.79 Å². The highest BCUT2D eigenvalue weighted by Crippen LogP contribution is 2.11. The maximum atomic E-state index is 12.0. The summed E-state index contributed by atoms with van der Waals surface area (Å²) >= 11 is 0. The van der Waals surface area contributed by atoms with Crippen molar-refractivity contribution in [3.05, 3.63) is 12.7 Å². The third kappa shape index (κ3) is 9.42. The van der Waals surface area contributed by atoms with Crippen LogP contribution in [0.1, 0.15) is 46.0 Å². The molecule has 1 saturated heterocycles. The van der Waals surface area contributed by atoms with Crippen LogP contribution in [0, 0.1) is 0 Å². The summed E-state index contributed by atoms with van der Waals surface area (Å²) in [4.78, 5) is 37.2. The van der Waals surface area contributed by atoms with Crippen LogP contribution in [0.15, 0.2) is 12.7 Å². The van der Waals surface area contributed by atoms with Crippen LogP contribution < -0.4 is 10.6 Å². The van der Waals surface area contributed by atoms with Crippen LogP contribution >= 0.6 is 0 Å². The van der Waals surface area contributed by atoms with Gasteiger partial charge in [0.1, 0.15) is 6.10 Å². The van der Waals surface area contributed by atoms with Gasteiger partial charge < -0.3 is 25.0 Å². The van der Waals surface area contributed by atoms with E-state index in [1.165, 1.54) is 0 Å². The molecule has 0 aliphatic carbocycles. The molecule has 1 rings (SSSR count). The monoisotopic (exact) mass is 383 g/mol. The maximum absolute atomic E-state index is 12.0. The summed E-state index contributed by atoms with van der Waals surface area (Å²) in [5.41, 5.74) is 0. The standard InChI is InChI=1S/C19H33N3O5/c1-4-6-14-27-15(3)18(24)20-11-7-8-17(23)21-16-9-12-22(13-10-16)19(25)26-5-2/h4,15-16H,1,5-14H2,2-3H3,(H,20,24)(H,21,23). The molecule has 8 heteroatoms. The summed E-state index contributed by atoms with van der Waals surface area (Å²) in [5.74, 6) is -0.208. The van der Waals surface area contributed by atoms with Crippen LogP contribution in [0.25, 0.3) is 0 Å². The summed E-state index contributed by atoms with van der Waals surface area (Å²) < 4.78 is 10.3. The average Bonchev–Trinajstić information content (AvgIpc) is 2.66. The lowest BCUT2D eigenvalue weighted by molar-refractivity contribution is -0.131. The first-order chi connectivity index (χ1) is 13.0. The van der Waals surface area contributed by atoms with Gasteiger partial charge in [-0.15, -0.1) is 6.58 Å². The third-order valence-corrected chi connectivity index (χ3v) is 4.32. The lowest BCUT2D eigenvalue weighted by atomic mass is 10.1. The van der Waals surface area contributed by atoms with E-state index in [0.717, 1.165) is 12.8 Å². The molecule has 1 aliphatic heterocycles. The van der Waals surface area contributed by atoms with Crippen molar-refractivity contribution in [1.29, 1.82) is 0 Å². The molecule has 0 saturated carbocycles. The Morgan fingerprint density at radius 2 is 2.00 bits per heavy atom. The minimum Gasteiger partial charge on any atom is -0.450 e. The summed E-state index contributed by atoms with van der Waals surface area (Å²) in [5, 5.41) is 5.76. The average molecular weight is 383 g/mol. The largest absolute Gasteiger partial charge is 0.450 e. The molecule has 3 amide bonds. The highest BCUT2D eigenvalue weighted by atomic mass is 16.6. The minimum atomic E-state index is -0.511. The number of ether oxygens (including phenoxy) is 2. The highest BCUT2D eigenvalue weighted by Gasteiger charge is 2.24. The molecule has 0 aromatic rings. The fourth-order valence-corrected chi connectivity index (χ4v) is 2.73. The molecule has 27 heavy (non-hydrogen) atoms. The van der Waals surface area contributed by atoms with Crippen molar-refractivity contribution < 1.29 is 23.9 Å². The Balaban J connectivity index is 2.12. The molecule has 1 unspecified atom stereocenters. The van der Waals surface area contributed by atoms with Crippen molar-refractivity contribution >= 4 is 17.9 Å². The van der Waals surface area contributed by atoms with Crippen molar-refractivity contribution in [3.63, 3.8) is 0 Å². The molecule has 0 aromatic carbocycles. The molecule has 1 atom stereocenters.